The van der Waals surface area contributed by atoms with Crippen molar-refractivity contribution in [3.8, 4) is 0 Å². The molecule has 0 aliphatic heterocycles. The van der Waals surface area contributed by atoms with Crippen LogP contribution in [-0.2, 0) is 0 Å². The van der Waals surface area contributed by atoms with Gasteiger partial charge >= 0.3 is 0 Å². The van der Waals surface area contributed by atoms with E-state index in [4.69, 9.17) is 0 Å². The van der Waals surface area contributed by atoms with Crippen molar-refractivity contribution in [3.05, 3.63) is 13.2 Å². The Labute approximate surface area is 116 Å². The molecule has 1 unspecified atom stereocenters. The van der Waals surface area contributed by atoms with Crippen LogP contribution < -0.4 is 0 Å². The van der Waals surface area contributed by atoms with Gasteiger partial charge in [0.1, 0.15) is 0 Å². The van der Waals surface area contributed by atoms with Crippen molar-refractivity contribution in [2.75, 3.05) is 0 Å². The number of hydrogen-bond acceptors (Lipinski definition) is 0. The summed E-state index contributed by atoms with van der Waals surface area (Å²) in [5.74, 6) is 1.99. The first-order chi connectivity index (χ1) is 8.52. The van der Waals surface area contributed by atoms with E-state index < -0.39 is 0 Å². The molecule has 0 N–H and O–H groups in total. The van der Waals surface area contributed by atoms with Gasteiger partial charge in [0.25, 0.3) is 0 Å². The van der Waals surface area contributed by atoms with Gasteiger partial charge in [-0.1, -0.05) is 79.1 Å². The molecule has 2 aliphatic rings. The fraction of sp³-hybridized carbons (Fsp3) is 0.889. The van der Waals surface area contributed by atoms with Crippen LogP contribution in [0.5, 0.6) is 0 Å². The molecule has 0 bridgehead atoms. The zero-order valence-electron chi connectivity index (χ0n) is 13.4. The van der Waals surface area contributed by atoms with Gasteiger partial charge in [-0.25, -0.2) is 0 Å². The minimum Gasteiger partial charge on any atom is -0.106 e. The van der Waals surface area contributed by atoms with Gasteiger partial charge in [-0.3, -0.25) is 0 Å². The zero-order valence-corrected chi connectivity index (χ0v) is 13.4. The van der Waals surface area contributed by atoms with Gasteiger partial charge in [0.05, 0.1) is 0 Å². The molecule has 2 rings (SSSR count). The van der Waals surface area contributed by atoms with Crippen LogP contribution in [0.4, 0.5) is 0 Å². The number of rotatable bonds is 0. The van der Waals surface area contributed by atoms with E-state index in [1.807, 2.05) is 0 Å². The predicted octanol–water partition coefficient (Wildman–Crippen LogP) is 6.61. The van der Waals surface area contributed by atoms with E-state index in [0.717, 1.165) is 11.8 Å². The first-order valence-corrected chi connectivity index (χ1v) is 8.02. The molecule has 0 radical (unpaired) electrons. The average Bonchev–Trinajstić information content (AvgIpc) is 2.37. The van der Waals surface area contributed by atoms with Crippen molar-refractivity contribution >= 4 is 0 Å². The smallest absolute Gasteiger partial charge is 0.0329 e. The van der Waals surface area contributed by atoms with Crippen LogP contribution in [0, 0.1) is 17.3 Å². The minimum absolute atomic E-state index is 0.637. The highest BCUT2D eigenvalue weighted by Crippen LogP contribution is 2.39. The summed E-state index contributed by atoms with van der Waals surface area (Å²) in [5.41, 5.74) is 0.637. The maximum absolute atomic E-state index is 3.00. The second-order valence-electron chi connectivity index (χ2n) is 6.88. The Morgan fingerprint density at radius 2 is 1.28 bits per heavy atom. The molecule has 0 aromatic carbocycles. The summed E-state index contributed by atoms with van der Waals surface area (Å²) in [7, 11) is 0. The Bertz CT molecular complexity index is 186. The highest BCUT2D eigenvalue weighted by Gasteiger charge is 2.27. The quantitative estimate of drug-likeness (QED) is 0.425. The molecule has 18 heavy (non-hydrogen) atoms. The van der Waals surface area contributed by atoms with Crippen LogP contribution in [0.15, 0.2) is 13.2 Å². The second-order valence-corrected chi connectivity index (χ2v) is 6.88. The van der Waals surface area contributed by atoms with Crippen molar-refractivity contribution < 1.29 is 0 Å². The average molecular weight is 252 g/mol. The second kappa shape index (κ2) is 9.64. The highest BCUT2D eigenvalue weighted by molar-refractivity contribution is 4.79. The Kier molecular flexibility index (Phi) is 9.50. The molecule has 1 atom stereocenters. The summed E-state index contributed by atoms with van der Waals surface area (Å²) in [6.45, 7) is 15.5. The minimum atomic E-state index is 0.637. The Balaban J connectivity index is 0.000000289. The summed E-state index contributed by atoms with van der Waals surface area (Å²) in [6, 6.07) is 0. The molecule has 0 heterocycles. The lowest BCUT2D eigenvalue weighted by molar-refractivity contribution is 0.154. The molecular formula is C18H36. The van der Waals surface area contributed by atoms with Crippen molar-refractivity contribution in [3.63, 3.8) is 0 Å². The van der Waals surface area contributed by atoms with E-state index >= 15 is 0 Å². The highest BCUT2D eigenvalue weighted by atomic mass is 14.3. The fourth-order valence-corrected chi connectivity index (χ4v) is 2.97. The molecule has 0 saturated heterocycles. The van der Waals surface area contributed by atoms with E-state index in [2.05, 4.69) is 40.9 Å². The van der Waals surface area contributed by atoms with Gasteiger partial charge in [0.2, 0.25) is 0 Å². The van der Waals surface area contributed by atoms with Crippen molar-refractivity contribution in [1.29, 1.82) is 0 Å². The van der Waals surface area contributed by atoms with E-state index in [0.29, 0.717) is 5.41 Å². The number of hydrogen-bond donors (Lipinski definition) is 0. The standard InChI is InChI=1S/C9H18.C7H14.C2H4/c1-8-6-4-5-7-9(8,2)3;1-7-5-3-2-4-6-7;1-2/h8H,4-7H2,1-3H3;7H,2-6H2,1H3;1-2H2. The Hall–Kier alpha value is -0.260. The van der Waals surface area contributed by atoms with Crippen molar-refractivity contribution in [2.24, 2.45) is 17.3 Å². The van der Waals surface area contributed by atoms with Gasteiger partial charge in [-0.05, 0) is 23.7 Å². The third-order valence-electron chi connectivity index (χ3n) is 4.94. The van der Waals surface area contributed by atoms with E-state index in [-0.39, 0.29) is 0 Å². The predicted molar refractivity (Wildman–Crippen MR) is 84.9 cm³/mol. The van der Waals surface area contributed by atoms with Gasteiger partial charge in [0.15, 0.2) is 0 Å². The maximum atomic E-state index is 3.00. The largest absolute Gasteiger partial charge is 0.106 e. The summed E-state index contributed by atoms with van der Waals surface area (Å²) in [4.78, 5) is 0. The maximum Gasteiger partial charge on any atom is -0.0329 e. The fourth-order valence-electron chi connectivity index (χ4n) is 2.97. The molecular weight excluding hydrogens is 216 g/mol. The summed E-state index contributed by atoms with van der Waals surface area (Å²) < 4.78 is 0. The molecule has 2 saturated carbocycles. The summed E-state index contributed by atoms with van der Waals surface area (Å²) >= 11 is 0. The SMILES string of the molecule is C=C.CC1CCCCC1.CC1CCCCC1(C)C. The molecule has 0 spiro atoms. The first kappa shape index (κ1) is 17.7. The van der Waals surface area contributed by atoms with Gasteiger partial charge in [0, 0.05) is 0 Å². The van der Waals surface area contributed by atoms with E-state index in [1.165, 1.54) is 57.8 Å². The lowest BCUT2D eigenvalue weighted by Gasteiger charge is -2.36. The van der Waals surface area contributed by atoms with Crippen LogP contribution in [0.1, 0.15) is 85.5 Å². The lowest BCUT2D eigenvalue weighted by atomic mass is 9.70. The van der Waals surface area contributed by atoms with Crippen LogP contribution in [0.2, 0.25) is 0 Å². The van der Waals surface area contributed by atoms with Gasteiger partial charge in [-0.2, -0.15) is 0 Å². The monoisotopic (exact) mass is 252 g/mol. The molecule has 0 heteroatoms. The molecule has 0 aromatic heterocycles. The summed E-state index contributed by atoms with van der Waals surface area (Å²) in [6.07, 6.45) is 13.2. The molecule has 0 aromatic rings. The Morgan fingerprint density at radius 1 is 0.778 bits per heavy atom. The molecule has 0 amide bonds. The Morgan fingerprint density at radius 3 is 1.56 bits per heavy atom. The van der Waals surface area contributed by atoms with Crippen LogP contribution >= 0.6 is 0 Å². The van der Waals surface area contributed by atoms with Crippen molar-refractivity contribution in [2.45, 2.75) is 85.5 Å². The van der Waals surface area contributed by atoms with Crippen molar-refractivity contribution in [1.82, 2.24) is 0 Å². The van der Waals surface area contributed by atoms with E-state index in [1.54, 1.807) is 0 Å². The molecule has 2 aliphatic carbocycles. The van der Waals surface area contributed by atoms with E-state index in [9.17, 15) is 0 Å². The normalized spacial score (nSPS) is 27.2. The van der Waals surface area contributed by atoms with Gasteiger partial charge in [-0.15, -0.1) is 13.2 Å². The zero-order chi connectivity index (χ0) is 14.0. The van der Waals surface area contributed by atoms with Gasteiger partial charge < -0.3 is 0 Å². The van der Waals surface area contributed by atoms with Crippen LogP contribution in [0.3, 0.4) is 0 Å². The third kappa shape index (κ3) is 7.24. The third-order valence-corrected chi connectivity index (χ3v) is 4.94. The summed E-state index contributed by atoms with van der Waals surface area (Å²) in [5, 5.41) is 0. The lowest BCUT2D eigenvalue weighted by Crippen LogP contribution is -2.24. The first-order valence-electron chi connectivity index (χ1n) is 8.02. The topological polar surface area (TPSA) is 0 Å². The van der Waals surface area contributed by atoms with Crippen LogP contribution in [0.25, 0.3) is 0 Å². The molecule has 108 valence electrons. The molecule has 0 nitrogen and oxygen atoms in total. The van der Waals surface area contributed by atoms with Crippen LogP contribution in [-0.4, -0.2) is 0 Å². The molecule has 2 fully saturated rings.